The van der Waals surface area contributed by atoms with Crippen LogP contribution in [0.25, 0.3) is 0 Å². The van der Waals surface area contributed by atoms with Crippen molar-refractivity contribution >= 4 is 39.3 Å². The number of anilines is 1. The van der Waals surface area contributed by atoms with Crippen molar-refractivity contribution in [3.63, 3.8) is 0 Å². The zero-order chi connectivity index (χ0) is 14.4. The zero-order valence-electron chi connectivity index (χ0n) is 10.3. The SMILES string of the molecule is N#Cc1ccccc1NC(=O)CSc1ccc(Br)cn1. The number of para-hydroxylation sites is 1. The minimum Gasteiger partial charge on any atom is -0.324 e. The molecule has 1 amide bonds. The minimum absolute atomic E-state index is 0.164. The number of benzene rings is 1. The Morgan fingerprint density at radius 1 is 1.35 bits per heavy atom. The second-order valence-electron chi connectivity index (χ2n) is 3.81. The molecule has 6 heteroatoms. The topological polar surface area (TPSA) is 65.8 Å². The van der Waals surface area contributed by atoms with Gasteiger partial charge in [-0.25, -0.2) is 4.98 Å². The highest BCUT2D eigenvalue weighted by molar-refractivity contribution is 9.10. The van der Waals surface area contributed by atoms with Crippen molar-refractivity contribution in [1.82, 2.24) is 4.98 Å². The van der Waals surface area contributed by atoms with Gasteiger partial charge in [-0.2, -0.15) is 5.26 Å². The van der Waals surface area contributed by atoms with Crippen molar-refractivity contribution in [2.75, 3.05) is 11.1 Å². The number of thioether (sulfide) groups is 1. The molecule has 4 nitrogen and oxygen atoms in total. The second-order valence-corrected chi connectivity index (χ2v) is 5.72. The number of amides is 1. The minimum atomic E-state index is -0.164. The van der Waals surface area contributed by atoms with Gasteiger partial charge in [-0.05, 0) is 40.2 Å². The van der Waals surface area contributed by atoms with Gasteiger partial charge < -0.3 is 5.32 Å². The predicted octanol–water partition coefficient (Wildman–Crippen LogP) is 3.45. The molecule has 2 rings (SSSR count). The summed E-state index contributed by atoms with van der Waals surface area (Å²) < 4.78 is 0.897. The van der Waals surface area contributed by atoms with E-state index in [1.54, 1.807) is 30.5 Å². The number of hydrogen-bond donors (Lipinski definition) is 1. The molecule has 0 saturated heterocycles. The Balaban J connectivity index is 1.93. The third-order valence-corrected chi connectivity index (χ3v) is 3.79. The van der Waals surface area contributed by atoms with Crippen LogP contribution in [0.5, 0.6) is 0 Å². The average Bonchev–Trinajstić information content (AvgIpc) is 2.47. The van der Waals surface area contributed by atoms with Crippen LogP contribution in [0.3, 0.4) is 0 Å². The normalized spacial score (nSPS) is 9.80. The summed E-state index contributed by atoms with van der Waals surface area (Å²) in [4.78, 5) is 16.0. The number of nitrogens with zero attached hydrogens (tertiary/aromatic N) is 2. The van der Waals surface area contributed by atoms with E-state index in [1.807, 2.05) is 18.2 Å². The lowest BCUT2D eigenvalue weighted by atomic mass is 10.2. The number of carbonyl (C=O) groups excluding carboxylic acids is 1. The van der Waals surface area contributed by atoms with Gasteiger partial charge >= 0.3 is 0 Å². The summed E-state index contributed by atoms with van der Waals surface area (Å²) in [6.45, 7) is 0. The van der Waals surface area contributed by atoms with E-state index in [4.69, 9.17) is 5.26 Å². The van der Waals surface area contributed by atoms with E-state index in [0.29, 0.717) is 11.3 Å². The van der Waals surface area contributed by atoms with Crippen LogP contribution in [-0.2, 0) is 4.79 Å². The first-order chi connectivity index (χ1) is 9.69. The van der Waals surface area contributed by atoms with Gasteiger partial charge in [0.05, 0.1) is 22.0 Å². The van der Waals surface area contributed by atoms with Crippen LogP contribution in [0.1, 0.15) is 5.56 Å². The van der Waals surface area contributed by atoms with E-state index in [2.05, 4.69) is 26.2 Å². The number of hydrogen-bond acceptors (Lipinski definition) is 4. The van der Waals surface area contributed by atoms with Crippen molar-refractivity contribution in [2.45, 2.75) is 5.03 Å². The quantitative estimate of drug-likeness (QED) is 0.860. The van der Waals surface area contributed by atoms with E-state index in [0.717, 1.165) is 9.50 Å². The smallest absolute Gasteiger partial charge is 0.234 e. The fraction of sp³-hybridized carbons (Fsp3) is 0.0714. The summed E-state index contributed by atoms with van der Waals surface area (Å²) in [5.41, 5.74) is 0.983. The Kier molecular flexibility index (Phi) is 5.16. The molecule has 1 N–H and O–H groups in total. The molecule has 0 spiro atoms. The number of pyridine rings is 1. The van der Waals surface area contributed by atoms with Crippen LogP contribution < -0.4 is 5.32 Å². The molecule has 0 aliphatic heterocycles. The summed E-state index contributed by atoms with van der Waals surface area (Å²) in [5.74, 6) is 0.0800. The van der Waals surface area contributed by atoms with Gasteiger partial charge in [0.1, 0.15) is 6.07 Å². The van der Waals surface area contributed by atoms with Crippen molar-refractivity contribution in [3.8, 4) is 6.07 Å². The lowest BCUT2D eigenvalue weighted by Crippen LogP contribution is -2.14. The van der Waals surface area contributed by atoms with Crippen LogP contribution in [0.4, 0.5) is 5.69 Å². The molecule has 1 aromatic heterocycles. The number of aromatic nitrogens is 1. The summed E-state index contributed by atoms with van der Waals surface area (Å²) in [6.07, 6.45) is 1.69. The molecule has 0 aliphatic rings. The second kappa shape index (κ2) is 7.08. The van der Waals surface area contributed by atoms with E-state index < -0.39 is 0 Å². The summed E-state index contributed by atoms with van der Waals surface area (Å²) in [7, 11) is 0. The Morgan fingerprint density at radius 2 is 2.15 bits per heavy atom. The molecular weight excluding hydrogens is 338 g/mol. The molecule has 0 fully saturated rings. The first-order valence-corrected chi connectivity index (χ1v) is 7.50. The first-order valence-electron chi connectivity index (χ1n) is 5.72. The molecule has 0 radical (unpaired) electrons. The monoisotopic (exact) mass is 347 g/mol. The summed E-state index contributed by atoms with van der Waals surface area (Å²) >= 11 is 4.65. The van der Waals surface area contributed by atoms with Gasteiger partial charge in [-0.3, -0.25) is 4.79 Å². The average molecular weight is 348 g/mol. The molecule has 0 saturated carbocycles. The van der Waals surface area contributed by atoms with Crippen molar-refractivity contribution < 1.29 is 4.79 Å². The van der Waals surface area contributed by atoms with Crippen LogP contribution in [-0.4, -0.2) is 16.6 Å². The standard InChI is InChI=1S/C14H10BrN3OS/c15-11-5-6-14(17-8-11)20-9-13(19)18-12-4-2-1-3-10(12)7-16/h1-6,8H,9H2,(H,18,19). The largest absolute Gasteiger partial charge is 0.324 e. The van der Waals surface area contributed by atoms with Crippen molar-refractivity contribution in [1.29, 1.82) is 5.26 Å². The molecule has 0 bridgehead atoms. The highest BCUT2D eigenvalue weighted by Gasteiger charge is 2.07. The fourth-order valence-electron chi connectivity index (χ4n) is 1.46. The Bertz CT molecular complexity index is 652. The van der Waals surface area contributed by atoms with Crippen molar-refractivity contribution in [2.24, 2.45) is 0 Å². The van der Waals surface area contributed by atoms with Crippen LogP contribution in [0.15, 0.2) is 52.1 Å². The molecule has 2 aromatic rings. The lowest BCUT2D eigenvalue weighted by Gasteiger charge is -2.06. The van der Waals surface area contributed by atoms with Gasteiger partial charge in [0, 0.05) is 10.7 Å². The molecule has 0 unspecified atom stereocenters. The molecule has 0 atom stereocenters. The Morgan fingerprint density at radius 3 is 2.85 bits per heavy atom. The van der Waals surface area contributed by atoms with E-state index in [9.17, 15) is 4.79 Å². The third-order valence-electron chi connectivity index (χ3n) is 2.37. The maximum Gasteiger partial charge on any atom is 0.234 e. The number of carbonyl (C=O) groups is 1. The van der Waals surface area contributed by atoms with Crippen LogP contribution in [0, 0.1) is 11.3 Å². The van der Waals surface area contributed by atoms with Gasteiger partial charge in [0.25, 0.3) is 0 Å². The summed E-state index contributed by atoms with van der Waals surface area (Å²) in [6, 6.07) is 12.7. The molecule has 20 heavy (non-hydrogen) atoms. The third kappa shape index (κ3) is 4.08. The van der Waals surface area contributed by atoms with E-state index in [1.165, 1.54) is 11.8 Å². The van der Waals surface area contributed by atoms with Crippen LogP contribution >= 0.6 is 27.7 Å². The highest BCUT2D eigenvalue weighted by atomic mass is 79.9. The number of halogens is 1. The molecular formula is C14H10BrN3OS. The maximum absolute atomic E-state index is 11.8. The fourth-order valence-corrected chi connectivity index (χ4v) is 2.34. The summed E-state index contributed by atoms with van der Waals surface area (Å²) in [5, 5.41) is 12.4. The number of nitriles is 1. The van der Waals surface area contributed by atoms with Gasteiger partial charge in [0.2, 0.25) is 5.91 Å². The molecule has 1 aromatic carbocycles. The Labute approximate surface area is 129 Å². The molecule has 0 aliphatic carbocycles. The predicted molar refractivity (Wildman–Crippen MR) is 82.4 cm³/mol. The number of rotatable bonds is 4. The lowest BCUT2D eigenvalue weighted by molar-refractivity contribution is -0.113. The van der Waals surface area contributed by atoms with Gasteiger partial charge in [-0.15, -0.1) is 0 Å². The van der Waals surface area contributed by atoms with Gasteiger partial charge in [-0.1, -0.05) is 23.9 Å². The van der Waals surface area contributed by atoms with Crippen molar-refractivity contribution in [3.05, 3.63) is 52.6 Å². The maximum atomic E-state index is 11.8. The number of nitrogens with one attached hydrogen (secondary N) is 1. The van der Waals surface area contributed by atoms with E-state index in [-0.39, 0.29) is 11.7 Å². The first kappa shape index (κ1) is 14.6. The molecule has 1 heterocycles. The van der Waals surface area contributed by atoms with E-state index >= 15 is 0 Å². The highest BCUT2D eigenvalue weighted by Crippen LogP contribution is 2.19. The Hall–Kier alpha value is -1.84. The van der Waals surface area contributed by atoms with Crippen LogP contribution in [0.2, 0.25) is 0 Å². The zero-order valence-corrected chi connectivity index (χ0v) is 12.7. The molecule has 100 valence electrons. The van der Waals surface area contributed by atoms with Gasteiger partial charge in [0.15, 0.2) is 0 Å².